The smallest absolute Gasteiger partial charge is 0.251 e. The third-order valence-electron chi connectivity index (χ3n) is 2.51. The van der Waals surface area contributed by atoms with E-state index in [4.69, 9.17) is 14.9 Å². The van der Waals surface area contributed by atoms with Crippen LogP contribution in [0.25, 0.3) is 0 Å². The summed E-state index contributed by atoms with van der Waals surface area (Å²) >= 11 is 0. The second-order valence-corrected chi connectivity index (χ2v) is 3.63. The molecule has 1 fully saturated rings. The third kappa shape index (κ3) is 3.77. The first-order chi connectivity index (χ1) is 7.29. The van der Waals surface area contributed by atoms with E-state index in [0.717, 1.165) is 19.3 Å². The molecule has 0 bridgehead atoms. The van der Waals surface area contributed by atoms with Crippen molar-refractivity contribution in [2.75, 3.05) is 32.9 Å². The maximum atomic E-state index is 11.9. The number of carbonyl (C=O) groups excluding carboxylic acids is 1. The van der Waals surface area contributed by atoms with Crippen molar-refractivity contribution in [3.8, 4) is 0 Å². The maximum Gasteiger partial charge on any atom is 0.251 e. The normalized spacial score (nSPS) is 21.3. The molecule has 1 heterocycles. The Morgan fingerprint density at radius 1 is 1.27 bits per heavy atom. The molecule has 1 amide bonds. The van der Waals surface area contributed by atoms with Gasteiger partial charge in [0.15, 0.2) is 0 Å². The van der Waals surface area contributed by atoms with E-state index in [2.05, 4.69) is 0 Å². The predicted molar refractivity (Wildman–Crippen MR) is 54.3 cm³/mol. The van der Waals surface area contributed by atoms with Crippen LogP contribution in [0, 0.1) is 0 Å². The van der Waals surface area contributed by atoms with E-state index in [-0.39, 0.29) is 38.3 Å². The van der Waals surface area contributed by atoms with Crippen molar-refractivity contribution in [1.82, 2.24) is 4.90 Å². The summed E-state index contributed by atoms with van der Waals surface area (Å²) in [5.41, 5.74) is 0. The summed E-state index contributed by atoms with van der Waals surface area (Å²) in [4.78, 5) is 13.3. The number of aliphatic hydroxyl groups excluding tert-OH is 2. The monoisotopic (exact) mass is 217 g/mol. The molecule has 0 aliphatic carbocycles. The Balaban J connectivity index is 2.45. The fourth-order valence-corrected chi connectivity index (χ4v) is 1.71. The molecule has 1 atom stereocenters. The molecule has 88 valence electrons. The van der Waals surface area contributed by atoms with Gasteiger partial charge in [-0.2, -0.15) is 0 Å². The Hall–Kier alpha value is -0.650. The highest BCUT2D eigenvalue weighted by molar-refractivity contribution is 5.81. The Morgan fingerprint density at radius 2 is 1.93 bits per heavy atom. The molecule has 1 saturated heterocycles. The molecule has 1 aliphatic heterocycles. The molecule has 0 aromatic rings. The highest BCUT2D eigenvalue weighted by Gasteiger charge is 2.26. The maximum absolute atomic E-state index is 11.9. The van der Waals surface area contributed by atoms with Gasteiger partial charge >= 0.3 is 0 Å². The summed E-state index contributed by atoms with van der Waals surface area (Å²) in [6.45, 7) is 0.984. The van der Waals surface area contributed by atoms with Gasteiger partial charge in [-0.25, -0.2) is 0 Å². The summed E-state index contributed by atoms with van der Waals surface area (Å²) in [6, 6.07) is 0. The molecule has 5 nitrogen and oxygen atoms in total. The molecule has 0 saturated carbocycles. The quantitative estimate of drug-likeness (QED) is 0.643. The van der Waals surface area contributed by atoms with E-state index < -0.39 is 0 Å². The van der Waals surface area contributed by atoms with Crippen LogP contribution in [0.2, 0.25) is 0 Å². The van der Waals surface area contributed by atoms with Crippen LogP contribution >= 0.6 is 0 Å². The first kappa shape index (κ1) is 12.4. The Labute approximate surface area is 89.6 Å². The lowest BCUT2D eigenvalue weighted by atomic mass is 10.1. The zero-order valence-electron chi connectivity index (χ0n) is 8.89. The van der Waals surface area contributed by atoms with Crippen LogP contribution in [-0.4, -0.2) is 60.0 Å². The minimum atomic E-state index is -0.378. The van der Waals surface area contributed by atoms with Gasteiger partial charge < -0.3 is 19.8 Å². The number of ether oxygens (including phenoxy) is 1. The summed E-state index contributed by atoms with van der Waals surface area (Å²) < 4.78 is 5.36. The summed E-state index contributed by atoms with van der Waals surface area (Å²) in [5, 5.41) is 17.6. The summed E-state index contributed by atoms with van der Waals surface area (Å²) in [5.74, 6) is -0.113. The highest BCUT2D eigenvalue weighted by atomic mass is 16.5. The summed E-state index contributed by atoms with van der Waals surface area (Å²) in [7, 11) is 0. The van der Waals surface area contributed by atoms with Crippen LogP contribution in [0.5, 0.6) is 0 Å². The van der Waals surface area contributed by atoms with Crippen LogP contribution < -0.4 is 0 Å². The van der Waals surface area contributed by atoms with E-state index in [0.29, 0.717) is 6.61 Å². The first-order valence-corrected chi connectivity index (χ1v) is 5.41. The second-order valence-electron chi connectivity index (χ2n) is 3.63. The lowest BCUT2D eigenvalue weighted by Gasteiger charge is -2.28. The number of hydrogen-bond acceptors (Lipinski definition) is 4. The van der Waals surface area contributed by atoms with E-state index in [1.165, 1.54) is 4.90 Å². The van der Waals surface area contributed by atoms with Crippen molar-refractivity contribution in [3.63, 3.8) is 0 Å². The van der Waals surface area contributed by atoms with Crippen LogP contribution in [0.4, 0.5) is 0 Å². The topological polar surface area (TPSA) is 70.0 Å². The number of rotatable bonds is 5. The largest absolute Gasteiger partial charge is 0.395 e. The van der Waals surface area contributed by atoms with E-state index >= 15 is 0 Å². The molecule has 0 aromatic heterocycles. The minimum absolute atomic E-state index is 0.0849. The average molecular weight is 217 g/mol. The van der Waals surface area contributed by atoms with Crippen LogP contribution in [0.15, 0.2) is 0 Å². The van der Waals surface area contributed by atoms with Gasteiger partial charge in [0.05, 0.1) is 13.2 Å². The molecular formula is C10H19NO4. The second kappa shape index (κ2) is 6.76. The Morgan fingerprint density at radius 3 is 2.40 bits per heavy atom. The zero-order chi connectivity index (χ0) is 11.1. The van der Waals surface area contributed by atoms with Gasteiger partial charge in [-0.05, 0) is 19.3 Å². The predicted octanol–water partition coefficient (Wildman–Crippen LogP) is -0.631. The van der Waals surface area contributed by atoms with E-state index in [9.17, 15) is 4.79 Å². The summed E-state index contributed by atoms with van der Waals surface area (Å²) in [6.07, 6.45) is 2.37. The van der Waals surface area contributed by atoms with Gasteiger partial charge in [0, 0.05) is 19.7 Å². The third-order valence-corrected chi connectivity index (χ3v) is 2.51. The van der Waals surface area contributed by atoms with Crippen molar-refractivity contribution < 1.29 is 19.7 Å². The molecule has 1 unspecified atom stereocenters. The molecule has 0 aromatic carbocycles. The molecular weight excluding hydrogens is 198 g/mol. The van der Waals surface area contributed by atoms with Crippen LogP contribution in [0.1, 0.15) is 19.3 Å². The molecule has 5 heteroatoms. The fraction of sp³-hybridized carbons (Fsp3) is 0.900. The standard InChI is InChI=1S/C10H19NO4/c12-6-4-11(5-7-13)10(14)9-3-1-2-8-15-9/h9,12-13H,1-8H2. The van der Waals surface area contributed by atoms with E-state index in [1.54, 1.807) is 0 Å². The molecule has 0 radical (unpaired) electrons. The minimum Gasteiger partial charge on any atom is -0.395 e. The van der Waals surface area contributed by atoms with Gasteiger partial charge in [-0.15, -0.1) is 0 Å². The molecule has 1 aliphatic rings. The lowest BCUT2D eigenvalue weighted by molar-refractivity contribution is -0.147. The number of hydrogen-bond donors (Lipinski definition) is 2. The molecule has 15 heavy (non-hydrogen) atoms. The van der Waals surface area contributed by atoms with Gasteiger partial charge in [-0.1, -0.05) is 0 Å². The van der Waals surface area contributed by atoms with Crippen molar-refractivity contribution >= 4 is 5.91 Å². The average Bonchev–Trinajstić information content (AvgIpc) is 2.29. The van der Waals surface area contributed by atoms with Gasteiger partial charge in [-0.3, -0.25) is 4.79 Å². The number of nitrogens with zero attached hydrogens (tertiary/aromatic N) is 1. The highest BCUT2D eigenvalue weighted by Crippen LogP contribution is 2.14. The fourth-order valence-electron chi connectivity index (χ4n) is 1.71. The molecule has 0 spiro atoms. The first-order valence-electron chi connectivity index (χ1n) is 5.41. The lowest BCUT2D eigenvalue weighted by Crippen LogP contribution is -2.44. The van der Waals surface area contributed by atoms with E-state index in [1.807, 2.05) is 0 Å². The Bertz CT molecular complexity index is 186. The SMILES string of the molecule is O=C(C1CCCCO1)N(CCO)CCO. The molecule has 2 N–H and O–H groups in total. The van der Waals surface area contributed by atoms with Crippen molar-refractivity contribution in [1.29, 1.82) is 0 Å². The van der Waals surface area contributed by atoms with Crippen molar-refractivity contribution in [2.24, 2.45) is 0 Å². The van der Waals surface area contributed by atoms with Gasteiger partial charge in [0.25, 0.3) is 5.91 Å². The number of aliphatic hydroxyl groups is 2. The van der Waals surface area contributed by atoms with Crippen molar-refractivity contribution in [3.05, 3.63) is 0 Å². The van der Waals surface area contributed by atoms with Gasteiger partial charge in [0.2, 0.25) is 0 Å². The number of carbonyl (C=O) groups is 1. The zero-order valence-corrected chi connectivity index (χ0v) is 8.89. The Kier molecular flexibility index (Phi) is 5.60. The molecule has 1 rings (SSSR count). The van der Waals surface area contributed by atoms with Crippen LogP contribution in [0.3, 0.4) is 0 Å². The number of amides is 1. The van der Waals surface area contributed by atoms with Crippen molar-refractivity contribution in [2.45, 2.75) is 25.4 Å². The van der Waals surface area contributed by atoms with Crippen LogP contribution in [-0.2, 0) is 9.53 Å². The van der Waals surface area contributed by atoms with Gasteiger partial charge in [0.1, 0.15) is 6.10 Å².